The maximum atomic E-state index is 13.7. The van der Waals surface area contributed by atoms with Crippen LogP contribution in [0.15, 0.2) is 59.4 Å². The summed E-state index contributed by atoms with van der Waals surface area (Å²) < 4.78 is 15.2. The minimum Gasteiger partial charge on any atom is -0.385 e. The molecule has 1 aliphatic carbocycles. The average molecular weight is 421 g/mol. The van der Waals surface area contributed by atoms with Crippen LogP contribution in [-0.4, -0.2) is 27.2 Å². The van der Waals surface area contributed by atoms with E-state index in [1.807, 2.05) is 36.4 Å². The van der Waals surface area contributed by atoms with Gasteiger partial charge in [-0.15, -0.1) is 0 Å². The zero-order chi connectivity index (χ0) is 21.6. The molecule has 2 fully saturated rings. The molecule has 2 heterocycles. The van der Waals surface area contributed by atoms with E-state index < -0.39 is 5.60 Å². The van der Waals surface area contributed by atoms with Gasteiger partial charge in [-0.1, -0.05) is 43.2 Å². The fraction of sp³-hybridized carbons (Fsp3) is 0.423. The van der Waals surface area contributed by atoms with Crippen LogP contribution < -0.4 is 5.56 Å². The molecule has 3 atom stereocenters. The number of piperidine rings is 1. The number of hydrogen-bond acceptors (Lipinski definition) is 3. The van der Waals surface area contributed by atoms with Crippen molar-refractivity contribution in [3.05, 3.63) is 81.9 Å². The largest absolute Gasteiger partial charge is 0.385 e. The summed E-state index contributed by atoms with van der Waals surface area (Å²) in [5, 5.41) is 12.6. The third kappa shape index (κ3) is 3.50. The van der Waals surface area contributed by atoms with Crippen LogP contribution >= 0.6 is 0 Å². The van der Waals surface area contributed by atoms with Gasteiger partial charge in [0.1, 0.15) is 5.82 Å². The van der Waals surface area contributed by atoms with Gasteiger partial charge in [-0.3, -0.25) is 9.69 Å². The van der Waals surface area contributed by atoms with Crippen molar-refractivity contribution in [1.82, 2.24) is 9.47 Å². The van der Waals surface area contributed by atoms with E-state index in [4.69, 9.17) is 0 Å². The van der Waals surface area contributed by atoms with Gasteiger partial charge >= 0.3 is 0 Å². The van der Waals surface area contributed by atoms with Crippen molar-refractivity contribution >= 4 is 10.9 Å². The molecular formula is C26H29FN2O2. The van der Waals surface area contributed by atoms with E-state index in [9.17, 15) is 14.3 Å². The van der Waals surface area contributed by atoms with Crippen molar-refractivity contribution < 1.29 is 9.50 Å². The molecule has 4 nitrogen and oxygen atoms in total. The van der Waals surface area contributed by atoms with Gasteiger partial charge in [0.05, 0.1) is 11.1 Å². The molecule has 0 spiro atoms. The van der Waals surface area contributed by atoms with Crippen molar-refractivity contribution in [3.8, 4) is 0 Å². The number of aryl methyl sites for hydroxylation is 1. The van der Waals surface area contributed by atoms with E-state index in [-0.39, 0.29) is 23.3 Å². The molecule has 1 saturated carbocycles. The van der Waals surface area contributed by atoms with Crippen molar-refractivity contribution in [1.29, 1.82) is 0 Å². The molecule has 5 heteroatoms. The number of hydrogen-bond donors (Lipinski definition) is 1. The minimum atomic E-state index is -0.811. The predicted octanol–water partition coefficient (Wildman–Crippen LogP) is 4.33. The highest BCUT2D eigenvalue weighted by molar-refractivity contribution is 5.79. The maximum absolute atomic E-state index is 13.7. The number of pyridine rings is 1. The molecular weight excluding hydrogens is 391 g/mol. The minimum absolute atomic E-state index is 0.0747. The summed E-state index contributed by atoms with van der Waals surface area (Å²) in [7, 11) is 1.71. The lowest BCUT2D eigenvalue weighted by Gasteiger charge is -2.52. The molecule has 1 N–H and O–H groups in total. The number of rotatable bonds is 3. The summed E-state index contributed by atoms with van der Waals surface area (Å²) in [6, 6.07) is 16.8. The highest BCUT2D eigenvalue weighted by atomic mass is 19.1. The average Bonchev–Trinajstić information content (AvgIpc) is 2.80. The van der Waals surface area contributed by atoms with Crippen molar-refractivity contribution in [3.63, 3.8) is 0 Å². The van der Waals surface area contributed by atoms with Crippen LogP contribution in [0.4, 0.5) is 4.39 Å². The monoisotopic (exact) mass is 420 g/mol. The van der Waals surface area contributed by atoms with Crippen LogP contribution in [0.1, 0.15) is 43.2 Å². The Morgan fingerprint density at radius 1 is 1.10 bits per heavy atom. The number of likely N-dealkylation sites (tertiary alicyclic amines) is 1. The van der Waals surface area contributed by atoms with Gasteiger partial charge in [0.15, 0.2) is 0 Å². The lowest BCUT2D eigenvalue weighted by molar-refractivity contribution is -0.123. The molecule has 1 saturated heterocycles. The predicted molar refractivity (Wildman–Crippen MR) is 120 cm³/mol. The summed E-state index contributed by atoms with van der Waals surface area (Å²) >= 11 is 0. The quantitative estimate of drug-likeness (QED) is 0.686. The second-order valence-electron chi connectivity index (χ2n) is 9.21. The van der Waals surface area contributed by atoms with E-state index in [1.54, 1.807) is 17.7 Å². The van der Waals surface area contributed by atoms with E-state index in [0.717, 1.165) is 48.7 Å². The fourth-order valence-corrected chi connectivity index (χ4v) is 5.89. The highest BCUT2D eigenvalue weighted by Gasteiger charge is 2.49. The lowest BCUT2D eigenvalue weighted by Crippen LogP contribution is -2.57. The molecule has 2 aromatic carbocycles. The number of aliphatic hydroxyl groups is 1. The molecule has 31 heavy (non-hydrogen) atoms. The topological polar surface area (TPSA) is 45.5 Å². The fourth-order valence-electron chi connectivity index (χ4n) is 5.89. The Morgan fingerprint density at radius 3 is 2.68 bits per heavy atom. The Hall–Kier alpha value is -2.50. The first-order valence-corrected chi connectivity index (χ1v) is 11.3. The second-order valence-corrected chi connectivity index (χ2v) is 9.21. The molecule has 0 unspecified atom stereocenters. The summed E-state index contributed by atoms with van der Waals surface area (Å²) in [6.07, 6.45) is 4.99. The van der Waals surface area contributed by atoms with E-state index >= 15 is 0 Å². The Labute approximate surface area is 181 Å². The number of fused-ring (bicyclic) bond motifs is 2. The van der Waals surface area contributed by atoms with Crippen LogP contribution in [0, 0.1) is 11.7 Å². The summed E-state index contributed by atoms with van der Waals surface area (Å²) in [4.78, 5) is 15.4. The van der Waals surface area contributed by atoms with Gasteiger partial charge < -0.3 is 9.67 Å². The summed E-state index contributed by atoms with van der Waals surface area (Å²) in [5.41, 5.74) is 1.47. The molecule has 2 aliphatic rings. The van der Waals surface area contributed by atoms with Gasteiger partial charge in [-0.25, -0.2) is 4.39 Å². The molecule has 0 radical (unpaired) electrons. The Balaban J connectivity index is 1.48. The first-order chi connectivity index (χ1) is 15.0. The lowest BCUT2D eigenvalue weighted by atomic mass is 9.66. The van der Waals surface area contributed by atoms with Gasteiger partial charge in [-0.05, 0) is 54.5 Å². The van der Waals surface area contributed by atoms with Crippen LogP contribution in [-0.2, 0) is 19.2 Å². The SMILES string of the molecule is Cn1c(=O)c(CN2CC[C@@](O)(c3ccccc3)[C@H]3CCCC[C@@H]32)cc2ccc(F)cc21. The number of benzene rings is 2. The van der Waals surface area contributed by atoms with E-state index in [1.165, 1.54) is 12.1 Å². The Bertz CT molecular complexity index is 1160. The summed E-state index contributed by atoms with van der Waals surface area (Å²) in [6.45, 7) is 1.31. The Kier molecular flexibility index (Phi) is 5.19. The van der Waals surface area contributed by atoms with Crippen molar-refractivity contribution in [2.24, 2.45) is 13.0 Å². The Morgan fingerprint density at radius 2 is 1.87 bits per heavy atom. The van der Waals surface area contributed by atoms with Crippen molar-refractivity contribution in [2.75, 3.05) is 6.54 Å². The molecule has 1 aromatic heterocycles. The molecule has 1 aliphatic heterocycles. The van der Waals surface area contributed by atoms with Gasteiger partial charge in [0.25, 0.3) is 5.56 Å². The first kappa shape index (κ1) is 20.4. The van der Waals surface area contributed by atoms with E-state index in [2.05, 4.69) is 4.90 Å². The molecule has 0 bridgehead atoms. The molecule has 162 valence electrons. The van der Waals surface area contributed by atoms with Crippen LogP contribution in [0.3, 0.4) is 0 Å². The third-order valence-corrected chi connectivity index (χ3v) is 7.50. The van der Waals surface area contributed by atoms with Crippen LogP contribution in [0.5, 0.6) is 0 Å². The second kappa shape index (κ2) is 7.88. The van der Waals surface area contributed by atoms with Gasteiger partial charge in [0, 0.05) is 37.7 Å². The number of halogens is 1. The normalized spacial score (nSPS) is 26.7. The number of aromatic nitrogens is 1. The van der Waals surface area contributed by atoms with E-state index in [0.29, 0.717) is 18.5 Å². The van der Waals surface area contributed by atoms with Gasteiger partial charge in [-0.2, -0.15) is 0 Å². The van der Waals surface area contributed by atoms with Gasteiger partial charge in [0.2, 0.25) is 0 Å². The first-order valence-electron chi connectivity index (χ1n) is 11.3. The zero-order valence-electron chi connectivity index (χ0n) is 17.9. The zero-order valence-corrected chi connectivity index (χ0v) is 17.9. The molecule has 5 rings (SSSR count). The van der Waals surface area contributed by atoms with Crippen LogP contribution in [0.2, 0.25) is 0 Å². The standard InChI is InChI=1S/C26H29FN2O2/c1-28-24-16-21(27)12-11-18(24)15-19(25(28)30)17-29-14-13-26(31,20-7-3-2-4-8-20)22-9-5-6-10-23(22)29/h2-4,7-8,11-12,15-16,22-23,31H,5-6,9-10,13-14,17H2,1H3/t22-,23-,26+/m0/s1. The number of nitrogens with zero attached hydrogens (tertiary/aromatic N) is 2. The molecule has 3 aromatic rings. The summed E-state index contributed by atoms with van der Waals surface area (Å²) in [5.74, 6) is -0.174. The molecule has 0 amide bonds. The maximum Gasteiger partial charge on any atom is 0.255 e. The third-order valence-electron chi connectivity index (χ3n) is 7.50. The van der Waals surface area contributed by atoms with Crippen molar-refractivity contribution in [2.45, 2.75) is 50.3 Å². The van der Waals surface area contributed by atoms with Crippen LogP contribution in [0.25, 0.3) is 10.9 Å². The smallest absolute Gasteiger partial charge is 0.255 e. The highest BCUT2D eigenvalue weighted by Crippen LogP contribution is 2.47.